The van der Waals surface area contributed by atoms with E-state index < -0.39 is 28.8 Å². The first kappa shape index (κ1) is 24.2. The molecule has 11 heteroatoms. The minimum atomic E-state index is -4.30. The van der Waals surface area contributed by atoms with Gasteiger partial charge in [-0.1, -0.05) is 36.4 Å². The van der Waals surface area contributed by atoms with Gasteiger partial charge in [-0.2, -0.15) is 18.3 Å². The minimum absolute atomic E-state index is 0.0297. The van der Waals surface area contributed by atoms with Crippen molar-refractivity contribution in [3.63, 3.8) is 0 Å². The number of fused-ring (bicyclic) bond motifs is 1. The van der Waals surface area contributed by atoms with Crippen LogP contribution in [0, 0.1) is 0 Å². The highest BCUT2D eigenvalue weighted by atomic mass is 32.2. The number of ether oxygens (including phenoxy) is 1. The molecule has 2 heterocycles. The Morgan fingerprint density at radius 3 is 2.62 bits per heavy atom. The molecule has 0 amide bonds. The number of aromatic nitrogens is 2. The number of nitrogens with zero attached hydrogens (tertiary/aromatic N) is 3. The van der Waals surface area contributed by atoms with Gasteiger partial charge in [-0.25, -0.2) is 13.1 Å². The zero-order chi connectivity index (χ0) is 24.3. The van der Waals surface area contributed by atoms with Gasteiger partial charge >= 0.3 is 6.18 Å². The molecule has 0 fully saturated rings. The summed E-state index contributed by atoms with van der Waals surface area (Å²) in [7, 11) is -2.08. The molecule has 0 spiro atoms. The van der Waals surface area contributed by atoms with Crippen LogP contribution in [0.3, 0.4) is 0 Å². The van der Waals surface area contributed by atoms with Gasteiger partial charge in [0.15, 0.2) is 0 Å². The number of rotatable bonds is 9. The molecule has 1 unspecified atom stereocenters. The predicted octanol–water partition coefficient (Wildman–Crippen LogP) is 3.44. The van der Waals surface area contributed by atoms with E-state index in [1.807, 2.05) is 30.3 Å². The molecular formula is C23H25F3N4O3S. The predicted molar refractivity (Wildman–Crippen MR) is 120 cm³/mol. The lowest BCUT2D eigenvalue weighted by molar-refractivity contribution is -0.150. The van der Waals surface area contributed by atoms with Crippen molar-refractivity contribution in [2.24, 2.45) is 7.05 Å². The standard InChI is InChI=1S/C23H25F3N4O3S/c1-29-15-20(13-27-29)34(31,32)28-9-10-33-19-8-7-18-14-30(16-23(24,25)26)22(21(18)12-19)11-17-5-3-2-4-6-17/h2-8,12-13,15,22,28H,9-11,14,16H2,1H3. The highest BCUT2D eigenvalue weighted by Gasteiger charge is 2.38. The molecule has 1 N–H and O–H groups in total. The fourth-order valence-electron chi connectivity index (χ4n) is 4.08. The Bertz CT molecular complexity index is 1230. The number of alkyl halides is 3. The average Bonchev–Trinajstić information content (AvgIpc) is 3.35. The third kappa shape index (κ3) is 5.96. The van der Waals surface area contributed by atoms with E-state index in [0.717, 1.165) is 16.7 Å². The summed E-state index contributed by atoms with van der Waals surface area (Å²) in [5.74, 6) is 0.478. The van der Waals surface area contributed by atoms with Crippen LogP contribution in [0.4, 0.5) is 13.2 Å². The van der Waals surface area contributed by atoms with E-state index in [-0.39, 0.29) is 24.6 Å². The second-order valence-corrected chi connectivity index (χ2v) is 9.95. The minimum Gasteiger partial charge on any atom is -0.492 e. The lowest BCUT2D eigenvalue weighted by atomic mass is 9.98. The van der Waals surface area contributed by atoms with Crippen molar-refractivity contribution >= 4 is 10.0 Å². The van der Waals surface area contributed by atoms with Crippen LogP contribution in [0.2, 0.25) is 0 Å². The van der Waals surface area contributed by atoms with E-state index in [4.69, 9.17) is 4.74 Å². The highest BCUT2D eigenvalue weighted by molar-refractivity contribution is 7.89. The molecule has 0 bridgehead atoms. The Morgan fingerprint density at radius 1 is 1.18 bits per heavy atom. The van der Waals surface area contributed by atoms with Gasteiger partial charge < -0.3 is 4.74 Å². The maximum absolute atomic E-state index is 13.2. The second kappa shape index (κ2) is 9.77. The molecule has 0 radical (unpaired) electrons. The topological polar surface area (TPSA) is 76.5 Å². The van der Waals surface area contributed by atoms with Crippen LogP contribution in [0.5, 0.6) is 5.75 Å². The van der Waals surface area contributed by atoms with Gasteiger partial charge in [0.25, 0.3) is 0 Å². The van der Waals surface area contributed by atoms with E-state index in [1.165, 1.54) is 22.0 Å². The van der Waals surface area contributed by atoms with Crippen molar-refractivity contribution in [3.8, 4) is 5.75 Å². The Hall–Kier alpha value is -2.89. The van der Waals surface area contributed by atoms with E-state index in [0.29, 0.717) is 12.2 Å². The molecule has 2 aromatic carbocycles. The van der Waals surface area contributed by atoms with Crippen LogP contribution in [0.1, 0.15) is 22.7 Å². The molecule has 0 saturated carbocycles. The first-order valence-electron chi connectivity index (χ1n) is 10.7. The summed E-state index contributed by atoms with van der Waals surface area (Å²) in [6.07, 6.45) is -1.22. The smallest absolute Gasteiger partial charge is 0.401 e. The number of nitrogens with one attached hydrogen (secondary N) is 1. The molecule has 4 rings (SSSR count). The molecule has 0 aliphatic carbocycles. The lowest BCUT2D eigenvalue weighted by Crippen LogP contribution is -2.33. The maximum atomic E-state index is 13.2. The summed E-state index contributed by atoms with van der Waals surface area (Å²) in [4.78, 5) is 1.49. The third-order valence-corrected chi connectivity index (χ3v) is 7.01. The molecule has 0 saturated heterocycles. The highest BCUT2D eigenvalue weighted by Crippen LogP contribution is 2.39. The van der Waals surface area contributed by atoms with Crippen molar-refractivity contribution in [2.45, 2.75) is 30.1 Å². The van der Waals surface area contributed by atoms with E-state index in [1.54, 1.807) is 25.2 Å². The van der Waals surface area contributed by atoms with Crippen LogP contribution < -0.4 is 9.46 Å². The Labute approximate surface area is 196 Å². The molecule has 182 valence electrons. The summed E-state index contributed by atoms with van der Waals surface area (Å²) in [6, 6.07) is 14.2. The number of hydrogen-bond donors (Lipinski definition) is 1. The number of halogens is 3. The van der Waals surface area contributed by atoms with Crippen LogP contribution in [0.15, 0.2) is 65.8 Å². The fraction of sp³-hybridized carbons (Fsp3) is 0.348. The summed E-state index contributed by atoms with van der Waals surface area (Å²) in [6.45, 7) is -0.696. The SMILES string of the molecule is Cn1cc(S(=O)(=O)NCCOc2ccc3c(c2)C(Cc2ccccc2)N(CC(F)(F)F)C3)cn1. The average molecular weight is 495 g/mol. The number of sulfonamides is 1. The van der Waals surface area contributed by atoms with Gasteiger partial charge in [0.2, 0.25) is 10.0 Å². The van der Waals surface area contributed by atoms with Gasteiger partial charge in [-0.05, 0) is 35.2 Å². The van der Waals surface area contributed by atoms with Gasteiger partial charge in [-0.3, -0.25) is 9.58 Å². The maximum Gasteiger partial charge on any atom is 0.401 e. The van der Waals surface area contributed by atoms with Crippen molar-refractivity contribution in [3.05, 3.63) is 77.6 Å². The Balaban J connectivity index is 1.43. The van der Waals surface area contributed by atoms with Gasteiger partial charge in [0.05, 0.1) is 12.7 Å². The zero-order valence-corrected chi connectivity index (χ0v) is 19.3. The number of benzene rings is 2. The number of hydrogen-bond acceptors (Lipinski definition) is 5. The number of aryl methyl sites for hydroxylation is 1. The van der Waals surface area contributed by atoms with Crippen LogP contribution in [-0.2, 0) is 30.0 Å². The summed E-state index contributed by atoms with van der Waals surface area (Å²) in [5, 5.41) is 3.85. The van der Waals surface area contributed by atoms with E-state index >= 15 is 0 Å². The van der Waals surface area contributed by atoms with Crippen LogP contribution in [-0.4, -0.2) is 49.0 Å². The van der Waals surface area contributed by atoms with Crippen LogP contribution in [0.25, 0.3) is 0 Å². The normalized spacial score (nSPS) is 16.5. The molecule has 3 aromatic rings. The largest absolute Gasteiger partial charge is 0.492 e. The molecule has 7 nitrogen and oxygen atoms in total. The van der Waals surface area contributed by atoms with E-state index in [9.17, 15) is 21.6 Å². The van der Waals surface area contributed by atoms with Crippen molar-refractivity contribution < 1.29 is 26.3 Å². The summed E-state index contributed by atoms with van der Waals surface area (Å²) >= 11 is 0. The summed E-state index contributed by atoms with van der Waals surface area (Å²) < 4.78 is 73.7. The molecular weight excluding hydrogens is 469 g/mol. The lowest BCUT2D eigenvalue weighted by Gasteiger charge is -2.26. The molecule has 1 aromatic heterocycles. The third-order valence-electron chi connectivity index (χ3n) is 5.60. The van der Waals surface area contributed by atoms with Crippen molar-refractivity contribution in [1.29, 1.82) is 0 Å². The van der Waals surface area contributed by atoms with Gasteiger partial charge in [0, 0.05) is 32.4 Å². The molecule has 1 aliphatic heterocycles. The summed E-state index contributed by atoms with van der Waals surface area (Å²) in [5.41, 5.74) is 2.57. The first-order chi connectivity index (χ1) is 16.1. The Morgan fingerprint density at radius 2 is 1.94 bits per heavy atom. The molecule has 34 heavy (non-hydrogen) atoms. The molecule has 1 atom stereocenters. The molecule has 1 aliphatic rings. The van der Waals surface area contributed by atoms with Crippen molar-refractivity contribution in [2.75, 3.05) is 19.7 Å². The Kier molecular flexibility index (Phi) is 6.96. The first-order valence-corrected chi connectivity index (χ1v) is 12.2. The monoisotopic (exact) mass is 494 g/mol. The van der Waals surface area contributed by atoms with Gasteiger partial charge in [-0.15, -0.1) is 0 Å². The van der Waals surface area contributed by atoms with Crippen LogP contribution >= 0.6 is 0 Å². The zero-order valence-electron chi connectivity index (χ0n) is 18.5. The van der Waals surface area contributed by atoms with Crippen molar-refractivity contribution in [1.82, 2.24) is 19.4 Å². The second-order valence-electron chi connectivity index (χ2n) is 8.18. The van der Waals surface area contributed by atoms with Gasteiger partial charge in [0.1, 0.15) is 17.3 Å². The van der Waals surface area contributed by atoms with E-state index in [2.05, 4.69) is 9.82 Å². The fourth-order valence-corrected chi connectivity index (χ4v) is 5.08. The quantitative estimate of drug-likeness (QED) is 0.462.